The molecule has 3 aromatic rings. The molecule has 2 amide bonds. The van der Waals surface area contributed by atoms with Gasteiger partial charge in [-0.15, -0.1) is 0 Å². The molecule has 0 aliphatic carbocycles. The lowest BCUT2D eigenvalue weighted by atomic mass is 10.1. The number of carbonyl (C=O) groups excluding carboxylic acids is 2. The fourth-order valence-corrected chi connectivity index (χ4v) is 3.78. The second-order valence-electron chi connectivity index (χ2n) is 7.64. The minimum Gasteiger partial charge on any atom is -0.508 e. The van der Waals surface area contributed by atoms with Crippen molar-refractivity contribution in [2.75, 3.05) is 6.54 Å². The monoisotopic (exact) mass is 405 g/mol. The SMILES string of the molecule is CC1CC(C(=O)NCc2ccc(-c3cnco3)cc2)N(C(=O)c2cccc(O)c2)C1. The number of phenols is 1. The molecular formula is C23H23N3O4. The molecule has 0 spiro atoms. The number of phenolic OH excluding ortho intramolecular Hbond substituents is 1. The van der Waals surface area contributed by atoms with Gasteiger partial charge in [0, 0.05) is 24.2 Å². The summed E-state index contributed by atoms with van der Waals surface area (Å²) in [5.41, 5.74) is 2.24. The largest absolute Gasteiger partial charge is 0.508 e. The van der Waals surface area contributed by atoms with Gasteiger partial charge in [0.2, 0.25) is 5.91 Å². The number of oxazole rings is 1. The van der Waals surface area contributed by atoms with Crippen LogP contribution in [0.5, 0.6) is 5.75 Å². The van der Waals surface area contributed by atoms with Crippen LogP contribution in [-0.4, -0.2) is 39.4 Å². The van der Waals surface area contributed by atoms with Crippen LogP contribution in [0.3, 0.4) is 0 Å². The van der Waals surface area contributed by atoms with Crippen molar-refractivity contribution >= 4 is 11.8 Å². The average molecular weight is 405 g/mol. The number of likely N-dealkylation sites (tertiary alicyclic amines) is 1. The van der Waals surface area contributed by atoms with E-state index < -0.39 is 6.04 Å². The van der Waals surface area contributed by atoms with E-state index in [4.69, 9.17) is 4.42 Å². The summed E-state index contributed by atoms with van der Waals surface area (Å²) in [6.07, 6.45) is 3.65. The standard InChI is InChI=1S/C23H23N3O4/c1-15-9-20(26(13-15)23(29)18-3-2-4-19(27)10-18)22(28)25-11-16-5-7-17(8-6-16)21-12-24-14-30-21/h2-8,10,12,14-15,20,27H,9,11,13H2,1H3,(H,25,28). The third-order valence-corrected chi connectivity index (χ3v) is 5.30. The maximum atomic E-state index is 12.9. The molecule has 1 aliphatic rings. The van der Waals surface area contributed by atoms with E-state index in [0.29, 0.717) is 30.8 Å². The molecule has 4 rings (SSSR count). The maximum Gasteiger partial charge on any atom is 0.254 e. The first-order valence-corrected chi connectivity index (χ1v) is 9.87. The van der Waals surface area contributed by atoms with Crippen LogP contribution in [0.1, 0.15) is 29.3 Å². The van der Waals surface area contributed by atoms with Crippen molar-refractivity contribution in [3.05, 3.63) is 72.2 Å². The molecule has 1 aromatic heterocycles. The predicted octanol–water partition coefficient (Wildman–Crippen LogP) is 3.21. The fourth-order valence-electron chi connectivity index (χ4n) is 3.78. The number of nitrogens with zero attached hydrogens (tertiary/aromatic N) is 2. The van der Waals surface area contributed by atoms with Crippen LogP contribution >= 0.6 is 0 Å². The number of amides is 2. The molecule has 2 unspecified atom stereocenters. The predicted molar refractivity (Wildman–Crippen MR) is 110 cm³/mol. The number of benzene rings is 2. The van der Waals surface area contributed by atoms with Crippen molar-refractivity contribution in [3.8, 4) is 17.1 Å². The summed E-state index contributed by atoms with van der Waals surface area (Å²) < 4.78 is 5.28. The molecule has 1 saturated heterocycles. The van der Waals surface area contributed by atoms with E-state index in [1.165, 1.54) is 18.5 Å². The van der Waals surface area contributed by atoms with E-state index >= 15 is 0 Å². The molecule has 2 heterocycles. The number of hydrogen-bond acceptors (Lipinski definition) is 5. The number of aromatic nitrogens is 1. The van der Waals surface area contributed by atoms with Crippen molar-refractivity contribution in [2.24, 2.45) is 5.92 Å². The minimum atomic E-state index is -0.525. The molecule has 2 N–H and O–H groups in total. The van der Waals surface area contributed by atoms with Crippen molar-refractivity contribution < 1.29 is 19.1 Å². The summed E-state index contributed by atoms with van der Waals surface area (Å²) in [6, 6.07) is 13.4. The highest BCUT2D eigenvalue weighted by molar-refractivity contribution is 5.98. The molecule has 30 heavy (non-hydrogen) atoms. The van der Waals surface area contributed by atoms with Crippen molar-refractivity contribution in [1.82, 2.24) is 15.2 Å². The lowest BCUT2D eigenvalue weighted by Crippen LogP contribution is -2.45. The Bertz CT molecular complexity index is 1030. The van der Waals surface area contributed by atoms with Gasteiger partial charge in [0.1, 0.15) is 11.8 Å². The van der Waals surface area contributed by atoms with E-state index in [-0.39, 0.29) is 23.5 Å². The zero-order valence-electron chi connectivity index (χ0n) is 16.6. The van der Waals surface area contributed by atoms with Crippen LogP contribution in [0.25, 0.3) is 11.3 Å². The number of aromatic hydroxyl groups is 1. The van der Waals surface area contributed by atoms with Crippen LogP contribution in [0.4, 0.5) is 0 Å². The highest BCUT2D eigenvalue weighted by Crippen LogP contribution is 2.26. The Balaban J connectivity index is 1.41. The molecule has 0 saturated carbocycles. The van der Waals surface area contributed by atoms with Gasteiger partial charge >= 0.3 is 0 Å². The first-order chi connectivity index (χ1) is 14.5. The van der Waals surface area contributed by atoms with Gasteiger partial charge in [0.25, 0.3) is 5.91 Å². The second kappa shape index (κ2) is 8.41. The molecule has 0 radical (unpaired) electrons. The van der Waals surface area contributed by atoms with Gasteiger partial charge in [-0.2, -0.15) is 0 Å². The van der Waals surface area contributed by atoms with Crippen LogP contribution in [-0.2, 0) is 11.3 Å². The van der Waals surface area contributed by atoms with Gasteiger partial charge in [0.05, 0.1) is 6.20 Å². The van der Waals surface area contributed by atoms with Gasteiger partial charge in [-0.05, 0) is 36.1 Å². The summed E-state index contributed by atoms with van der Waals surface area (Å²) in [5.74, 6) is 0.525. The molecule has 1 aliphatic heterocycles. The van der Waals surface area contributed by atoms with Crippen LogP contribution in [0.2, 0.25) is 0 Å². The Kier molecular flexibility index (Phi) is 5.52. The van der Waals surface area contributed by atoms with E-state index in [9.17, 15) is 14.7 Å². The van der Waals surface area contributed by atoms with E-state index in [0.717, 1.165) is 11.1 Å². The summed E-state index contributed by atoms with van der Waals surface area (Å²) in [5, 5.41) is 12.6. The van der Waals surface area contributed by atoms with Crippen molar-refractivity contribution in [1.29, 1.82) is 0 Å². The average Bonchev–Trinajstić information content (AvgIpc) is 3.42. The Morgan fingerprint density at radius 1 is 1.23 bits per heavy atom. The zero-order valence-corrected chi connectivity index (χ0v) is 16.6. The molecular weight excluding hydrogens is 382 g/mol. The maximum absolute atomic E-state index is 12.9. The third kappa shape index (κ3) is 4.20. The number of hydrogen-bond donors (Lipinski definition) is 2. The third-order valence-electron chi connectivity index (χ3n) is 5.30. The van der Waals surface area contributed by atoms with Gasteiger partial charge in [-0.3, -0.25) is 9.59 Å². The first-order valence-electron chi connectivity index (χ1n) is 9.87. The highest BCUT2D eigenvalue weighted by atomic mass is 16.3. The zero-order chi connectivity index (χ0) is 21.1. The molecule has 2 atom stereocenters. The molecule has 1 fully saturated rings. The number of nitrogens with one attached hydrogen (secondary N) is 1. The quantitative estimate of drug-likeness (QED) is 0.680. The van der Waals surface area contributed by atoms with Gasteiger partial charge in [-0.1, -0.05) is 37.3 Å². The van der Waals surface area contributed by atoms with E-state index in [1.54, 1.807) is 23.2 Å². The van der Waals surface area contributed by atoms with Crippen LogP contribution < -0.4 is 5.32 Å². The van der Waals surface area contributed by atoms with Gasteiger partial charge in [0.15, 0.2) is 12.2 Å². The Morgan fingerprint density at radius 3 is 2.73 bits per heavy atom. The van der Waals surface area contributed by atoms with Crippen LogP contribution in [0.15, 0.2) is 65.5 Å². The van der Waals surface area contributed by atoms with E-state index in [2.05, 4.69) is 10.3 Å². The Hall–Kier alpha value is -3.61. The summed E-state index contributed by atoms with van der Waals surface area (Å²) >= 11 is 0. The van der Waals surface area contributed by atoms with E-state index in [1.807, 2.05) is 31.2 Å². The molecule has 154 valence electrons. The normalized spacial score (nSPS) is 18.4. The highest BCUT2D eigenvalue weighted by Gasteiger charge is 2.38. The van der Waals surface area contributed by atoms with Crippen LogP contribution in [0, 0.1) is 5.92 Å². The molecule has 7 heteroatoms. The fraction of sp³-hybridized carbons (Fsp3) is 0.261. The molecule has 2 aromatic carbocycles. The lowest BCUT2D eigenvalue weighted by molar-refractivity contribution is -0.125. The summed E-state index contributed by atoms with van der Waals surface area (Å²) in [4.78, 5) is 31.3. The van der Waals surface area contributed by atoms with Gasteiger partial charge in [-0.25, -0.2) is 4.98 Å². The second-order valence-corrected chi connectivity index (χ2v) is 7.64. The first kappa shape index (κ1) is 19.7. The molecule has 7 nitrogen and oxygen atoms in total. The van der Waals surface area contributed by atoms with Crippen molar-refractivity contribution in [2.45, 2.75) is 25.9 Å². The Labute approximate surface area is 174 Å². The number of rotatable bonds is 5. The smallest absolute Gasteiger partial charge is 0.254 e. The summed E-state index contributed by atoms with van der Waals surface area (Å²) in [7, 11) is 0. The topological polar surface area (TPSA) is 95.7 Å². The number of carbonyl (C=O) groups is 2. The van der Waals surface area contributed by atoms with Gasteiger partial charge < -0.3 is 19.7 Å². The van der Waals surface area contributed by atoms with Crippen molar-refractivity contribution in [3.63, 3.8) is 0 Å². The summed E-state index contributed by atoms with van der Waals surface area (Å²) in [6.45, 7) is 2.91. The molecule has 0 bridgehead atoms. The lowest BCUT2D eigenvalue weighted by Gasteiger charge is -2.24. The Morgan fingerprint density at radius 2 is 2.03 bits per heavy atom. The minimum absolute atomic E-state index is 0.0304.